The molecule has 1 aromatic carbocycles. The van der Waals surface area contributed by atoms with Crippen molar-refractivity contribution in [3.63, 3.8) is 0 Å². The zero-order valence-corrected chi connectivity index (χ0v) is 17.9. The number of nitro benzene ring substituents is 1. The lowest BCUT2D eigenvalue weighted by Gasteiger charge is -2.32. The Kier molecular flexibility index (Phi) is 5.96. The van der Waals surface area contributed by atoms with E-state index in [1.807, 2.05) is 27.7 Å². The van der Waals surface area contributed by atoms with Crippen LogP contribution < -0.4 is 5.32 Å². The summed E-state index contributed by atoms with van der Waals surface area (Å²) in [5.41, 5.74) is 2.83. The van der Waals surface area contributed by atoms with Crippen molar-refractivity contribution in [2.75, 3.05) is 13.2 Å². The minimum Gasteiger partial charge on any atom is -0.475 e. The Bertz CT molecular complexity index is 975. The van der Waals surface area contributed by atoms with Crippen LogP contribution in [0.1, 0.15) is 52.5 Å². The molecule has 3 rings (SSSR count). The molecule has 1 unspecified atom stereocenters. The molecule has 2 aliphatic heterocycles. The molecule has 0 radical (unpaired) electrons. The number of nitrogens with zero attached hydrogens (tertiary/aromatic N) is 2. The molecular weight excluding hydrogens is 386 g/mol. The van der Waals surface area contributed by atoms with Crippen molar-refractivity contribution in [3.05, 3.63) is 62.5 Å². The third kappa shape index (κ3) is 4.08. The summed E-state index contributed by atoms with van der Waals surface area (Å²) in [6.07, 6.45) is 0.650. The Morgan fingerprint density at radius 1 is 1.40 bits per heavy atom. The van der Waals surface area contributed by atoms with E-state index in [1.165, 1.54) is 12.1 Å². The monoisotopic (exact) mass is 413 g/mol. The zero-order valence-electron chi connectivity index (χ0n) is 17.9. The molecule has 0 aliphatic carbocycles. The van der Waals surface area contributed by atoms with Crippen molar-refractivity contribution in [2.45, 2.75) is 52.5 Å². The zero-order chi connectivity index (χ0) is 22.1. The second kappa shape index (κ2) is 8.30. The first-order chi connectivity index (χ1) is 14.2. The molecule has 160 valence electrons. The fourth-order valence-electron chi connectivity index (χ4n) is 3.78. The molecular formula is C22H27N3O5. The fourth-order valence-corrected chi connectivity index (χ4v) is 3.78. The average molecular weight is 413 g/mol. The molecule has 0 saturated heterocycles. The van der Waals surface area contributed by atoms with Crippen molar-refractivity contribution in [1.29, 1.82) is 0 Å². The highest BCUT2D eigenvalue weighted by Crippen LogP contribution is 2.42. The van der Waals surface area contributed by atoms with Crippen molar-refractivity contribution >= 4 is 17.6 Å². The van der Waals surface area contributed by atoms with E-state index in [2.05, 4.69) is 5.32 Å². The number of hydrogen-bond acceptors (Lipinski definition) is 7. The summed E-state index contributed by atoms with van der Waals surface area (Å²) in [4.78, 5) is 28.6. The van der Waals surface area contributed by atoms with Gasteiger partial charge in [-0.25, -0.2) is 9.79 Å². The van der Waals surface area contributed by atoms with Crippen molar-refractivity contribution < 1.29 is 19.2 Å². The number of ether oxygens (including phenoxy) is 2. The minimum absolute atomic E-state index is 0.0427. The Labute approximate surface area is 175 Å². The number of carbonyl (C=O) groups is 1. The van der Waals surface area contributed by atoms with Crippen LogP contribution in [-0.4, -0.2) is 35.5 Å². The van der Waals surface area contributed by atoms with Gasteiger partial charge in [0.05, 0.1) is 28.6 Å². The number of allylic oxidation sites excluding steroid dienone is 2. The smallest absolute Gasteiger partial charge is 0.336 e. The van der Waals surface area contributed by atoms with Gasteiger partial charge in [0.1, 0.15) is 6.61 Å². The highest BCUT2D eigenvalue weighted by atomic mass is 16.6. The van der Waals surface area contributed by atoms with E-state index in [0.717, 1.165) is 11.3 Å². The first-order valence-corrected chi connectivity index (χ1v) is 10.0. The maximum absolute atomic E-state index is 12.9. The van der Waals surface area contributed by atoms with E-state index in [4.69, 9.17) is 14.5 Å². The summed E-state index contributed by atoms with van der Waals surface area (Å²) >= 11 is 0. The molecule has 0 spiro atoms. The van der Waals surface area contributed by atoms with Crippen LogP contribution in [0.3, 0.4) is 0 Å². The third-order valence-corrected chi connectivity index (χ3v) is 5.10. The van der Waals surface area contributed by atoms with E-state index < -0.39 is 22.3 Å². The molecule has 0 amide bonds. The van der Waals surface area contributed by atoms with Crippen LogP contribution in [0.2, 0.25) is 0 Å². The van der Waals surface area contributed by atoms with Gasteiger partial charge in [0.15, 0.2) is 0 Å². The number of hydrogen-bond donors (Lipinski definition) is 1. The summed E-state index contributed by atoms with van der Waals surface area (Å²) < 4.78 is 11.3. The normalized spacial score (nSPS) is 20.4. The van der Waals surface area contributed by atoms with E-state index in [0.29, 0.717) is 35.8 Å². The number of carbonyl (C=O) groups excluding carboxylic acids is 1. The molecule has 1 atom stereocenters. The van der Waals surface area contributed by atoms with Gasteiger partial charge in [-0.1, -0.05) is 19.1 Å². The molecule has 1 aromatic rings. The minimum atomic E-state index is -0.590. The van der Waals surface area contributed by atoms with Crippen molar-refractivity contribution in [3.8, 4) is 0 Å². The summed E-state index contributed by atoms with van der Waals surface area (Å²) in [5, 5.41) is 14.7. The summed E-state index contributed by atoms with van der Waals surface area (Å²) in [6.45, 7) is 10.1. The number of aliphatic imine (C=N–C) groups is 1. The van der Waals surface area contributed by atoms with E-state index in [1.54, 1.807) is 19.1 Å². The van der Waals surface area contributed by atoms with E-state index >= 15 is 0 Å². The molecule has 30 heavy (non-hydrogen) atoms. The summed E-state index contributed by atoms with van der Waals surface area (Å²) in [5.74, 6) is -0.604. The predicted molar refractivity (Wildman–Crippen MR) is 113 cm³/mol. The van der Waals surface area contributed by atoms with Crippen LogP contribution in [0.4, 0.5) is 5.69 Å². The summed E-state index contributed by atoms with van der Waals surface area (Å²) in [6, 6.07) is 6.33. The Balaban J connectivity index is 2.25. The van der Waals surface area contributed by atoms with Crippen LogP contribution >= 0.6 is 0 Å². The van der Waals surface area contributed by atoms with Gasteiger partial charge in [-0.05, 0) is 39.7 Å². The van der Waals surface area contributed by atoms with Gasteiger partial charge < -0.3 is 14.8 Å². The third-order valence-electron chi connectivity index (χ3n) is 5.10. The van der Waals surface area contributed by atoms with Gasteiger partial charge in [0, 0.05) is 29.1 Å². The van der Waals surface area contributed by atoms with E-state index in [9.17, 15) is 14.9 Å². The lowest BCUT2D eigenvalue weighted by Crippen LogP contribution is -2.32. The second-order valence-corrected chi connectivity index (χ2v) is 7.93. The second-order valence-electron chi connectivity index (χ2n) is 7.93. The number of esters is 1. The van der Waals surface area contributed by atoms with Crippen LogP contribution in [0.25, 0.3) is 0 Å². The fraction of sp³-hybridized carbons (Fsp3) is 0.455. The van der Waals surface area contributed by atoms with Gasteiger partial charge in [-0.2, -0.15) is 0 Å². The molecule has 8 heteroatoms. The average Bonchev–Trinajstić information content (AvgIpc) is 3.06. The number of rotatable bonds is 6. The van der Waals surface area contributed by atoms with Crippen LogP contribution in [0.5, 0.6) is 0 Å². The van der Waals surface area contributed by atoms with Crippen LogP contribution in [-0.2, 0) is 14.3 Å². The number of nitro groups is 1. The molecule has 2 heterocycles. The van der Waals surface area contributed by atoms with Crippen LogP contribution in [0.15, 0.2) is 51.8 Å². The van der Waals surface area contributed by atoms with Gasteiger partial charge in [0.2, 0.25) is 5.90 Å². The topological polar surface area (TPSA) is 103 Å². The Morgan fingerprint density at radius 2 is 2.13 bits per heavy atom. The highest BCUT2D eigenvalue weighted by molar-refractivity contribution is 6.03. The number of non-ortho nitro benzene ring substituents is 1. The largest absolute Gasteiger partial charge is 0.475 e. The lowest BCUT2D eigenvalue weighted by molar-refractivity contribution is -0.384. The van der Waals surface area contributed by atoms with Crippen molar-refractivity contribution in [2.24, 2.45) is 4.99 Å². The Morgan fingerprint density at radius 3 is 2.70 bits per heavy atom. The lowest BCUT2D eigenvalue weighted by atomic mass is 9.79. The first kappa shape index (κ1) is 21.5. The van der Waals surface area contributed by atoms with Crippen LogP contribution in [0, 0.1) is 10.1 Å². The standard InChI is InChI=1S/C22H27N3O5/c1-6-16-19(20-24-22(4,5)12-30-20)18(14-9-8-10-15(11-14)25(27)28)17(13(3)23-16)21(26)29-7-2/h8-11,18,23H,6-7,12H2,1-5H3. The van der Waals surface area contributed by atoms with Gasteiger partial charge in [-0.15, -0.1) is 0 Å². The molecule has 0 fully saturated rings. The highest BCUT2D eigenvalue weighted by Gasteiger charge is 2.40. The Hall–Kier alpha value is -3.16. The first-order valence-electron chi connectivity index (χ1n) is 10.0. The van der Waals surface area contributed by atoms with Gasteiger partial charge >= 0.3 is 5.97 Å². The number of benzene rings is 1. The molecule has 1 N–H and O–H groups in total. The molecule has 8 nitrogen and oxygen atoms in total. The molecule has 2 aliphatic rings. The molecule has 0 bridgehead atoms. The SMILES string of the molecule is CCOC(=O)C1=C(C)NC(CC)=C(C2=NC(C)(C)CO2)C1c1cccc([N+](=O)[O-])c1. The van der Waals surface area contributed by atoms with Gasteiger partial charge in [0.25, 0.3) is 5.69 Å². The number of nitrogens with one attached hydrogen (secondary N) is 1. The van der Waals surface area contributed by atoms with Crippen molar-refractivity contribution in [1.82, 2.24) is 5.32 Å². The quantitative estimate of drug-likeness (QED) is 0.430. The van der Waals surface area contributed by atoms with Gasteiger partial charge in [-0.3, -0.25) is 10.1 Å². The summed E-state index contributed by atoms with van der Waals surface area (Å²) in [7, 11) is 0. The number of dihydropyridines is 1. The molecule has 0 aromatic heterocycles. The predicted octanol–water partition coefficient (Wildman–Crippen LogP) is 3.99. The maximum Gasteiger partial charge on any atom is 0.336 e. The molecule has 0 saturated carbocycles. The van der Waals surface area contributed by atoms with E-state index in [-0.39, 0.29) is 12.3 Å². The maximum atomic E-state index is 12.9.